The van der Waals surface area contributed by atoms with Crippen molar-refractivity contribution in [2.75, 3.05) is 11.9 Å². The highest BCUT2D eigenvalue weighted by molar-refractivity contribution is 7.17. The van der Waals surface area contributed by atoms with Gasteiger partial charge in [0.2, 0.25) is 5.91 Å². The molecular weight excluding hydrogens is 355 g/mol. The van der Waals surface area contributed by atoms with E-state index in [0.717, 1.165) is 29.9 Å². The standard InChI is InChI=1S/C16H14F3N3O2S/c17-16(18,19)10-5-3-9(4-6-10)8-12(23)22-15-21-11-2-1-7-20-14(24)13(11)25-15/h3-6H,1-2,7-8H2,(H,20,24)(H,21,22,23). The summed E-state index contributed by atoms with van der Waals surface area (Å²) in [6.45, 7) is 0.595. The molecule has 0 bridgehead atoms. The minimum atomic E-state index is -4.40. The number of aromatic nitrogens is 1. The van der Waals surface area contributed by atoms with Gasteiger partial charge in [-0.15, -0.1) is 0 Å². The van der Waals surface area contributed by atoms with E-state index in [-0.39, 0.29) is 12.3 Å². The van der Waals surface area contributed by atoms with Gasteiger partial charge in [-0.3, -0.25) is 9.59 Å². The fourth-order valence-electron chi connectivity index (χ4n) is 2.45. The second-order valence-corrected chi connectivity index (χ2v) is 6.57. The van der Waals surface area contributed by atoms with E-state index >= 15 is 0 Å². The molecule has 132 valence electrons. The Morgan fingerprint density at radius 2 is 2.00 bits per heavy atom. The molecule has 2 amide bonds. The summed E-state index contributed by atoms with van der Waals surface area (Å²) in [7, 11) is 0. The van der Waals surface area contributed by atoms with Crippen molar-refractivity contribution >= 4 is 28.3 Å². The van der Waals surface area contributed by atoms with Crippen molar-refractivity contribution in [3.63, 3.8) is 0 Å². The normalized spacial score (nSPS) is 14.4. The minimum Gasteiger partial charge on any atom is -0.351 e. The van der Waals surface area contributed by atoms with Gasteiger partial charge in [-0.25, -0.2) is 4.98 Å². The van der Waals surface area contributed by atoms with Crippen LogP contribution in [0, 0.1) is 0 Å². The van der Waals surface area contributed by atoms with Crippen LogP contribution in [0.4, 0.5) is 18.3 Å². The van der Waals surface area contributed by atoms with Gasteiger partial charge in [-0.05, 0) is 30.5 Å². The Hall–Kier alpha value is -2.42. The van der Waals surface area contributed by atoms with Crippen LogP contribution in [-0.2, 0) is 23.8 Å². The summed E-state index contributed by atoms with van der Waals surface area (Å²) in [5, 5.41) is 5.67. The molecule has 1 aromatic heterocycles. The van der Waals surface area contributed by atoms with Crippen molar-refractivity contribution < 1.29 is 22.8 Å². The summed E-state index contributed by atoms with van der Waals surface area (Å²) in [6, 6.07) is 4.43. The van der Waals surface area contributed by atoms with Gasteiger partial charge in [0.1, 0.15) is 4.88 Å². The molecule has 2 heterocycles. The lowest BCUT2D eigenvalue weighted by molar-refractivity contribution is -0.137. The maximum atomic E-state index is 12.5. The molecule has 25 heavy (non-hydrogen) atoms. The highest BCUT2D eigenvalue weighted by Crippen LogP contribution is 2.29. The molecule has 1 aliphatic rings. The van der Waals surface area contributed by atoms with Crippen molar-refractivity contribution in [1.29, 1.82) is 0 Å². The zero-order chi connectivity index (χ0) is 18.0. The fourth-order valence-corrected chi connectivity index (χ4v) is 3.39. The van der Waals surface area contributed by atoms with Crippen LogP contribution in [0.15, 0.2) is 24.3 Å². The third-order valence-electron chi connectivity index (χ3n) is 3.67. The largest absolute Gasteiger partial charge is 0.416 e. The molecule has 2 aromatic rings. The Balaban J connectivity index is 1.65. The lowest BCUT2D eigenvalue weighted by atomic mass is 10.1. The molecule has 0 saturated carbocycles. The number of amides is 2. The van der Waals surface area contributed by atoms with Gasteiger partial charge in [0.25, 0.3) is 5.91 Å². The summed E-state index contributed by atoms with van der Waals surface area (Å²) in [6.07, 6.45) is -3.05. The number of nitrogens with zero attached hydrogens (tertiary/aromatic N) is 1. The molecule has 1 aliphatic heterocycles. The van der Waals surface area contributed by atoms with Crippen molar-refractivity contribution in [2.24, 2.45) is 0 Å². The van der Waals surface area contributed by atoms with Crippen LogP contribution < -0.4 is 10.6 Å². The first-order chi connectivity index (χ1) is 11.8. The molecule has 0 radical (unpaired) electrons. The topological polar surface area (TPSA) is 71.1 Å². The number of thiazole rings is 1. The van der Waals surface area contributed by atoms with Crippen molar-refractivity contribution in [3.8, 4) is 0 Å². The molecule has 9 heteroatoms. The quantitative estimate of drug-likeness (QED) is 0.874. The Bertz CT molecular complexity index is 800. The number of rotatable bonds is 3. The molecule has 0 atom stereocenters. The first kappa shape index (κ1) is 17.4. The van der Waals surface area contributed by atoms with E-state index in [4.69, 9.17) is 0 Å². The van der Waals surface area contributed by atoms with E-state index < -0.39 is 17.6 Å². The molecular formula is C16H14F3N3O2S. The fraction of sp³-hybridized carbons (Fsp3) is 0.312. The predicted molar refractivity (Wildman–Crippen MR) is 86.5 cm³/mol. The first-order valence-electron chi connectivity index (χ1n) is 7.57. The molecule has 0 spiro atoms. The number of carbonyl (C=O) groups excluding carboxylic acids is 2. The van der Waals surface area contributed by atoms with E-state index in [1.165, 1.54) is 12.1 Å². The summed E-state index contributed by atoms with van der Waals surface area (Å²) in [4.78, 5) is 28.7. The van der Waals surface area contributed by atoms with Gasteiger partial charge in [0.15, 0.2) is 5.13 Å². The maximum Gasteiger partial charge on any atom is 0.416 e. The number of hydrogen-bond donors (Lipinski definition) is 2. The average molecular weight is 369 g/mol. The smallest absolute Gasteiger partial charge is 0.351 e. The molecule has 0 saturated heterocycles. The third-order valence-corrected chi connectivity index (χ3v) is 4.68. The second-order valence-electron chi connectivity index (χ2n) is 5.57. The van der Waals surface area contributed by atoms with Crippen LogP contribution in [0.1, 0.15) is 32.9 Å². The summed E-state index contributed by atoms with van der Waals surface area (Å²) in [5.74, 6) is -0.600. The molecule has 5 nitrogen and oxygen atoms in total. The number of anilines is 1. The molecule has 1 aromatic carbocycles. The van der Waals surface area contributed by atoms with E-state index in [0.29, 0.717) is 34.2 Å². The second kappa shape index (κ2) is 6.83. The number of benzene rings is 1. The molecule has 0 fully saturated rings. The van der Waals surface area contributed by atoms with Gasteiger partial charge < -0.3 is 10.6 Å². The molecule has 3 rings (SSSR count). The van der Waals surface area contributed by atoms with Crippen LogP contribution in [0.3, 0.4) is 0 Å². The number of hydrogen-bond acceptors (Lipinski definition) is 4. The summed E-state index contributed by atoms with van der Waals surface area (Å²) in [5.41, 5.74) is 0.359. The third kappa shape index (κ3) is 4.16. The number of alkyl halides is 3. The SMILES string of the molecule is O=C(Cc1ccc(C(F)(F)F)cc1)Nc1nc2c(s1)C(=O)NCCC2. The van der Waals surface area contributed by atoms with E-state index in [2.05, 4.69) is 15.6 Å². The Kier molecular flexibility index (Phi) is 4.76. The Labute approximate surface area is 145 Å². The van der Waals surface area contributed by atoms with Crippen LogP contribution >= 0.6 is 11.3 Å². The Morgan fingerprint density at radius 3 is 2.68 bits per heavy atom. The van der Waals surface area contributed by atoms with Gasteiger partial charge in [-0.2, -0.15) is 13.2 Å². The van der Waals surface area contributed by atoms with E-state index in [1.54, 1.807) is 0 Å². The van der Waals surface area contributed by atoms with E-state index in [9.17, 15) is 22.8 Å². The highest BCUT2D eigenvalue weighted by Gasteiger charge is 2.30. The monoisotopic (exact) mass is 369 g/mol. The number of carbonyl (C=O) groups is 2. The van der Waals surface area contributed by atoms with Gasteiger partial charge in [0.05, 0.1) is 17.7 Å². The predicted octanol–water partition coefficient (Wildman–Crippen LogP) is 3.02. The van der Waals surface area contributed by atoms with Crippen LogP contribution in [0.25, 0.3) is 0 Å². The van der Waals surface area contributed by atoms with Gasteiger partial charge in [0, 0.05) is 6.54 Å². The molecule has 0 unspecified atom stereocenters. The Morgan fingerprint density at radius 1 is 1.28 bits per heavy atom. The molecule has 0 aliphatic carbocycles. The van der Waals surface area contributed by atoms with Gasteiger partial charge in [-0.1, -0.05) is 23.5 Å². The first-order valence-corrected chi connectivity index (χ1v) is 8.38. The van der Waals surface area contributed by atoms with Crippen LogP contribution in [0.5, 0.6) is 0 Å². The van der Waals surface area contributed by atoms with Crippen molar-refractivity contribution in [3.05, 3.63) is 46.0 Å². The molecule has 2 N–H and O–H groups in total. The zero-order valence-electron chi connectivity index (χ0n) is 12.9. The number of fused-ring (bicyclic) bond motifs is 1. The average Bonchev–Trinajstić information content (AvgIpc) is 2.85. The van der Waals surface area contributed by atoms with Crippen molar-refractivity contribution in [1.82, 2.24) is 10.3 Å². The summed E-state index contributed by atoms with van der Waals surface area (Å²) >= 11 is 1.10. The zero-order valence-corrected chi connectivity index (χ0v) is 13.8. The lowest BCUT2D eigenvalue weighted by Crippen LogP contribution is -2.21. The highest BCUT2D eigenvalue weighted by atomic mass is 32.1. The lowest BCUT2D eigenvalue weighted by Gasteiger charge is -2.07. The van der Waals surface area contributed by atoms with Gasteiger partial charge >= 0.3 is 6.18 Å². The van der Waals surface area contributed by atoms with Crippen LogP contribution in [0.2, 0.25) is 0 Å². The number of nitrogens with one attached hydrogen (secondary N) is 2. The maximum absolute atomic E-state index is 12.5. The minimum absolute atomic E-state index is 0.0748. The van der Waals surface area contributed by atoms with E-state index in [1.807, 2.05) is 0 Å². The van der Waals surface area contributed by atoms with Crippen molar-refractivity contribution in [2.45, 2.75) is 25.4 Å². The van der Waals surface area contributed by atoms with Crippen LogP contribution in [-0.4, -0.2) is 23.3 Å². The number of aryl methyl sites for hydroxylation is 1. The number of halogens is 3. The summed E-state index contributed by atoms with van der Waals surface area (Å²) < 4.78 is 37.6.